The molecule has 1 aliphatic rings. The molecule has 5 nitrogen and oxygen atoms in total. The molecule has 1 N–H and O–H groups in total. The summed E-state index contributed by atoms with van der Waals surface area (Å²) < 4.78 is 0. The Labute approximate surface area is 129 Å². The number of anilines is 1. The molecule has 1 aromatic heterocycles. The van der Waals surface area contributed by atoms with Crippen LogP contribution in [-0.2, 0) is 11.3 Å². The second kappa shape index (κ2) is 6.39. The molecule has 0 atom stereocenters. The van der Waals surface area contributed by atoms with Crippen LogP contribution in [0.4, 0.5) is 5.69 Å². The van der Waals surface area contributed by atoms with Crippen LogP contribution >= 0.6 is 0 Å². The van der Waals surface area contributed by atoms with Crippen LogP contribution in [0.2, 0.25) is 0 Å². The molecule has 1 fully saturated rings. The molecule has 0 unspecified atom stereocenters. The zero-order valence-corrected chi connectivity index (χ0v) is 12.2. The Bertz CT molecular complexity index is 685. The van der Waals surface area contributed by atoms with E-state index in [9.17, 15) is 9.59 Å². The van der Waals surface area contributed by atoms with E-state index in [4.69, 9.17) is 0 Å². The Morgan fingerprint density at radius 2 is 2.18 bits per heavy atom. The van der Waals surface area contributed by atoms with Crippen LogP contribution in [0.15, 0.2) is 48.8 Å². The lowest BCUT2D eigenvalue weighted by Gasteiger charge is -2.16. The molecule has 22 heavy (non-hydrogen) atoms. The van der Waals surface area contributed by atoms with Crippen molar-refractivity contribution in [1.29, 1.82) is 0 Å². The van der Waals surface area contributed by atoms with E-state index in [1.807, 2.05) is 29.2 Å². The van der Waals surface area contributed by atoms with E-state index in [0.29, 0.717) is 18.5 Å². The van der Waals surface area contributed by atoms with E-state index in [2.05, 4.69) is 10.3 Å². The van der Waals surface area contributed by atoms with Crippen LogP contribution < -0.4 is 5.32 Å². The molecule has 0 saturated carbocycles. The third kappa shape index (κ3) is 3.31. The lowest BCUT2D eigenvalue weighted by atomic mass is 10.2. The van der Waals surface area contributed by atoms with Gasteiger partial charge in [0.1, 0.15) is 0 Å². The van der Waals surface area contributed by atoms with Crippen LogP contribution in [0.1, 0.15) is 28.8 Å². The third-order valence-corrected chi connectivity index (χ3v) is 3.65. The van der Waals surface area contributed by atoms with Crippen molar-refractivity contribution < 1.29 is 9.59 Å². The summed E-state index contributed by atoms with van der Waals surface area (Å²) in [6.45, 7) is 1.40. The topological polar surface area (TPSA) is 62.3 Å². The van der Waals surface area contributed by atoms with Gasteiger partial charge in [0, 0.05) is 37.6 Å². The quantitative estimate of drug-likeness (QED) is 0.942. The summed E-state index contributed by atoms with van der Waals surface area (Å²) >= 11 is 0. The molecule has 1 aromatic carbocycles. The Balaban J connectivity index is 1.68. The molecule has 0 bridgehead atoms. The minimum Gasteiger partial charge on any atom is -0.338 e. The first kappa shape index (κ1) is 14.3. The van der Waals surface area contributed by atoms with Crippen molar-refractivity contribution in [3.63, 3.8) is 0 Å². The normalized spacial score (nSPS) is 14.2. The molecule has 2 amide bonds. The first-order valence-corrected chi connectivity index (χ1v) is 7.30. The molecular weight excluding hydrogens is 278 g/mol. The number of nitrogens with zero attached hydrogens (tertiary/aromatic N) is 2. The van der Waals surface area contributed by atoms with E-state index >= 15 is 0 Å². The molecule has 3 rings (SSSR count). The van der Waals surface area contributed by atoms with E-state index in [-0.39, 0.29) is 11.8 Å². The Morgan fingerprint density at radius 3 is 2.91 bits per heavy atom. The van der Waals surface area contributed by atoms with Crippen molar-refractivity contribution >= 4 is 17.5 Å². The maximum Gasteiger partial charge on any atom is 0.257 e. The summed E-state index contributed by atoms with van der Waals surface area (Å²) in [6, 6.07) is 11.0. The number of aromatic nitrogens is 1. The third-order valence-electron chi connectivity index (χ3n) is 3.65. The average Bonchev–Trinajstić information content (AvgIpc) is 2.94. The van der Waals surface area contributed by atoms with Gasteiger partial charge in [-0.3, -0.25) is 14.6 Å². The smallest absolute Gasteiger partial charge is 0.257 e. The Hall–Kier alpha value is -2.69. The molecule has 1 aliphatic heterocycles. The van der Waals surface area contributed by atoms with Crippen molar-refractivity contribution in [3.05, 3.63) is 59.9 Å². The highest BCUT2D eigenvalue weighted by Crippen LogP contribution is 2.17. The predicted molar refractivity (Wildman–Crippen MR) is 83.3 cm³/mol. The van der Waals surface area contributed by atoms with Crippen molar-refractivity contribution in [2.24, 2.45) is 0 Å². The summed E-state index contributed by atoms with van der Waals surface area (Å²) in [5.74, 6) is 0.00676. The van der Waals surface area contributed by atoms with Crippen molar-refractivity contribution in [1.82, 2.24) is 9.88 Å². The van der Waals surface area contributed by atoms with Gasteiger partial charge < -0.3 is 10.2 Å². The van der Waals surface area contributed by atoms with Gasteiger partial charge in [-0.2, -0.15) is 0 Å². The number of benzene rings is 1. The van der Waals surface area contributed by atoms with Crippen molar-refractivity contribution in [2.45, 2.75) is 19.4 Å². The molecule has 2 heterocycles. The number of amides is 2. The minimum absolute atomic E-state index is 0.192. The second-order valence-corrected chi connectivity index (χ2v) is 5.32. The zero-order chi connectivity index (χ0) is 15.4. The SMILES string of the molecule is O=C(Nc1cccc(CN2CCCC2=O)c1)c1cccnc1. The van der Waals surface area contributed by atoms with Crippen LogP contribution in [0.3, 0.4) is 0 Å². The van der Waals surface area contributed by atoms with Gasteiger partial charge in [0.05, 0.1) is 5.56 Å². The summed E-state index contributed by atoms with van der Waals surface area (Å²) in [5.41, 5.74) is 2.25. The highest BCUT2D eigenvalue weighted by Gasteiger charge is 2.20. The van der Waals surface area contributed by atoms with Gasteiger partial charge in [-0.25, -0.2) is 0 Å². The van der Waals surface area contributed by atoms with Gasteiger partial charge in [-0.1, -0.05) is 12.1 Å². The summed E-state index contributed by atoms with van der Waals surface area (Å²) in [6.07, 6.45) is 4.72. The largest absolute Gasteiger partial charge is 0.338 e. The van der Waals surface area contributed by atoms with E-state index in [1.54, 1.807) is 18.3 Å². The fraction of sp³-hybridized carbons (Fsp3) is 0.235. The van der Waals surface area contributed by atoms with Gasteiger partial charge in [-0.15, -0.1) is 0 Å². The fourth-order valence-corrected chi connectivity index (χ4v) is 2.54. The lowest BCUT2D eigenvalue weighted by Crippen LogP contribution is -2.23. The first-order chi connectivity index (χ1) is 10.7. The monoisotopic (exact) mass is 295 g/mol. The predicted octanol–water partition coefficient (Wildman–Crippen LogP) is 2.46. The molecule has 2 aromatic rings. The number of nitrogens with one attached hydrogen (secondary N) is 1. The molecule has 112 valence electrons. The number of rotatable bonds is 4. The lowest BCUT2D eigenvalue weighted by molar-refractivity contribution is -0.128. The average molecular weight is 295 g/mol. The maximum atomic E-state index is 12.1. The van der Waals surface area contributed by atoms with Crippen LogP contribution in [0.5, 0.6) is 0 Å². The molecule has 0 spiro atoms. The van der Waals surface area contributed by atoms with Gasteiger partial charge in [0.25, 0.3) is 5.91 Å². The summed E-state index contributed by atoms with van der Waals surface area (Å²) in [5, 5.41) is 2.85. The Morgan fingerprint density at radius 1 is 1.27 bits per heavy atom. The highest BCUT2D eigenvalue weighted by atomic mass is 16.2. The summed E-state index contributed by atoms with van der Waals surface area (Å²) in [4.78, 5) is 29.6. The number of pyridine rings is 1. The van der Waals surface area contributed by atoms with Gasteiger partial charge >= 0.3 is 0 Å². The number of hydrogen-bond donors (Lipinski definition) is 1. The number of hydrogen-bond acceptors (Lipinski definition) is 3. The van der Waals surface area contributed by atoms with Gasteiger partial charge in [-0.05, 0) is 36.2 Å². The highest BCUT2D eigenvalue weighted by molar-refractivity contribution is 6.04. The second-order valence-electron chi connectivity index (χ2n) is 5.32. The van der Waals surface area contributed by atoms with Crippen molar-refractivity contribution in [2.75, 3.05) is 11.9 Å². The van der Waals surface area contributed by atoms with Crippen LogP contribution in [0.25, 0.3) is 0 Å². The van der Waals surface area contributed by atoms with Crippen molar-refractivity contribution in [3.8, 4) is 0 Å². The van der Waals surface area contributed by atoms with Crippen LogP contribution in [0, 0.1) is 0 Å². The maximum absolute atomic E-state index is 12.1. The molecular formula is C17H17N3O2. The number of likely N-dealkylation sites (tertiary alicyclic amines) is 1. The van der Waals surface area contributed by atoms with Gasteiger partial charge in [0.15, 0.2) is 0 Å². The standard InChI is InChI=1S/C17H17N3O2/c21-16-7-3-9-20(16)12-13-4-1-6-15(10-13)19-17(22)14-5-2-8-18-11-14/h1-2,4-6,8,10-11H,3,7,9,12H2,(H,19,22). The molecule has 5 heteroatoms. The molecule has 0 aliphatic carbocycles. The summed E-state index contributed by atoms with van der Waals surface area (Å²) in [7, 11) is 0. The molecule has 0 radical (unpaired) electrons. The van der Waals surface area contributed by atoms with Crippen LogP contribution in [-0.4, -0.2) is 28.2 Å². The van der Waals surface area contributed by atoms with E-state index in [1.165, 1.54) is 6.20 Å². The number of carbonyl (C=O) groups is 2. The zero-order valence-electron chi connectivity index (χ0n) is 12.2. The first-order valence-electron chi connectivity index (χ1n) is 7.30. The number of carbonyl (C=O) groups excluding carboxylic acids is 2. The molecule has 1 saturated heterocycles. The minimum atomic E-state index is -0.192. The van der Waals surface area contributed by atoms with E-state index < -0.39 is 0 Å². The fourth-order valence-electron chi connectivity index (χ4n) is 2.54. The van der Waals surface area contributed by atoms with E-state index in [0.717, 1.165) is 24.2 Å². The van der Waals surface area contributed by atoms with Gasteiger partial charge in [0.2, 0.25) is 5.91 Å². The Kier molecular flexibility index (Phi) is 4.14.